The first-order valence-electron chi connectivity index (χ1n) is 6.71. The molecule has 14 heteroatoms. The molecule has 2 rings (SSSR count). The normalized spacial score (nSPS) is 20.7. The first-order chi connectivity index (χ1) is 11.9. The Morgan fingerprint density at radius 2 is 1.92 bits per heavy atom. The number of halogens is 3. The van der Waals surface area contributed by atoms with E-state index in [9.17, 15) is 31.2 Å². The van der Waals surface area contributed by atoms with Crippen molar-refractivity contribution in [3.8, 4) is 5.75 Å². The summed E-state index contributed by atoms with van der Waals surface area (Å²) in [5.41, 5.74) is 4.21. The Hall–Kier alpha value is -2.58. The van der Waals surface area contributed by atoms with Crippen LogP contribution in [-0.4, -0.2) is 51.6 Å². The number of alkyl halides is 3. The number of para-hydroxylation sites is 1. The summed E-state index contributed by atoms with van der Waals surface area (Å²) in [6.07, 6.45) is -5.15. The molecule has 0 aliphatic carbocycles. The number of likely N-dealkylation sites (N-methyl/N-ethyl adjacent to an activating group) is 1. The van der Waals surface area contributed by atoms with E-state index in [-0.39, 0.29) is 0 Å². The van der Waals surface area contributed by atoms with Gasteiger partial charge in [0, 0.05) is 14.2 Å². The average molecular weight is 398 g/mol. The van der Waals surface area contributed by atoms with Crippen LogP contribution in [0.2, 0.25) is 0 Å². The van der Waals surface area contributed by atoms with Crippen molar-refractivity contribution in [2.24, 2.45) is 0 Å². The first kappa shape index (κ1) is 19.7. The summed E-state index contributed by atoms with van der Waals surface area (Å²) in [5, 5.41) is 0. The Morgan fingerprint density at radius 3 is 2.42 bits per heavy atom. The van der Waals surface area contributed by atoms with Crippen LogP contribution < -0.4 is 20.3 Å². The number of benzene rings is 1. The van der Waals surface area contributed by atoms with E-state index in [0.29, 0.717) is 0 Å². The smallest absolute Gasteiger partial charge is 0.404 e. The molecule has 0 radical (unpaired) electrons. The van der Waals surface area contributed by atoms with Gasteiger partial charge in [0.25, 0.3) is 10.0 Å². The maximum absolute atomic E-state index is 12.4. The summed E-state index contributed by atoms with van der Waals surface area (Å²) in [6.45, 7) is 0. The molecular formula is C12H13F3N4O6S. The number of hydrogen-bond acceptors (Lipinski definition) is 7. The van der Waals surface area contributed by atoms with Gasteiger partial charge < -0.3 is 9.47 Å². The Bertz CT molecular complexity index is 830. The number of nitrogens with one attached hydrogen (secondary N) is 3. The highest BCUT2D eigenvalue weighted by Gasteiger charge is 2.52. The second kappa shape index (κ2) is 6.62. The van der Waals surface area contributed by atoms with Gasteiger partial charge in [-0.2, -0.15) is 5.43 Å². The van der Waals surface area contributed by atoms with Gasteiger partial charge in [0.2, 0.25) is 0 Å². The average Bonchev–Trinajstić information content (AvgIpc) is 2.82. The van der Waals surface area contributed by atoms with Crippen LogP contribution >= 0.6 is 0 Å². The molecular weight excluding hydrogens is 385 g/mol. The van der Waals surface area contributed by atoms with Crippen molar-refractivity contribution >= 4 is 22.0 Å². The van der Waals surface area contributed by atoms with Gasteiger partial charge in [-0.1, -0.05) is 12.1 Å². The number of carbonyl (C=O) groups is 2. The van der Waals surface area contributed by atoms with Crippen molar-refractivity contribution in [1.29, 1.82) is 0 Å². The molecule has 3 N–H and O–H groups in total. The summed E-state index contributed by atoms with van der Waals surface area (Å²) in [4.78, 5) is 23.6. The second-order valence-corrected chi connectivity index (χ2v) is 6.54. The zero-order chi connectivity index (χ0) is 19.8. The van der Waals surface area contributed by atoms with E-state index < -0.39 is 44.8 Å². The van der Waals surface area contributed by atoms with E-state index >= 15 is 0 Å². The van der Waals surface area contributed by atoms with Crippen LogP contribution in [-0.2, 0) is 19.6 Å². The monoisotopic (exact) mass is 398 g/mol. The molecule has 1 aliphatic heterocycles. The Kier molecular flexibility index (Phi) is 5.03. The van der Waals surface area contributed by atoms with Gasteiger partial charge in [-0.05, 0) is 12.1 Å². The van der Waals surface area contributed by atoms with Crippen LogP contribution in [0.4, 0.5) is 18.0 Å². The lowest BCUT2D eigenvalue weighted by Crippen LogP contribution is -2.63. The number of carbonyl (C=O) groups excluding carboxylic acids is 2. The number of rotatable bonds is 5. The zero-order valence-electron chi connectivity index (χ0n) is 13.2. The van der Waals surface area contributed by atoms with Crippen molar-refractivity contribution < 1.29 is 40.7 Å². The molecule has 3 amide bonds. The third-order valence-corrected chi connectivity index (χ3v) is 4.68. The largest absolute Gasteiger partial charge is 0.573 e. The topological polar surface area (TPSA) is 126 Å². The van der Waals surface area contributed by atoms with Crippen LogP contribution in [0.25, 0.3) is 0 Å². The predicted octanol–water partition coefficient (Wildman–Crippen LogP) is -0.150. The number of amides is 3. The van der Waals surface area contributed by atoms with Gasteiger partial charge in [0.1, 0.15) is 10.6 Å². The fraction of sp³-hybridized carbons (Fsp3) is 0.333. The highest BCUT2D eigenvalue weighted by atomic mass is 32.2. The summed E-state index contributed by atoms with van der Waals surface area (Å²) in [5.74, 6) is -4.64. The molecule has 0 bridgehead atoms. The van der Waals surface area contributed by atoms with Crippen molar-refractivity contribution in [2.45, 2.75) is 17.1 Å². The van der Waals surface area contributed by atoms with Crippen molar-refractivity contribution in [3.05, 3.63) is 24.3 Å². The minimum Gasteiger partial charge on any atom is -0.404 e. The molecule has 1 atom stereocenters. The van der Waals surface area contributed by atoms with Crippen molar-refractivity contribution in [3.63, 3.8) is 0 Å². The van der Waals surface area contributed by atoms with E-state index in [4.69, 9.17) is 4.74 Å². The maximum atomic E-state index is 12.4. The summed E-state index contributed by atoms with van der Waals surface area (Å²) < 4.78 is 72.1. The predicted molar refractivity (Wildman–Crippen MR) is 77.6 cm³/mol. The molecule has 1 unspecified atom stereocenters. The number of urea groups is 1. The zero-order valence-corrected chi connectivity index (χ0v) is 14.1. The van der Waals surface area contributed by atoms with Crippen LogP contribution in [0.1, 0.15) is 0 Å². The molecule has 26 heavy (non-hydrogen) atoms. The van der Waals surface area contributed by atoms with Gasteiger partial charge in [-0.15, -0.1) is 13.2 Å². The quantitative estimate of drug-likeness (QED) is 0.630. The number of hydrazine groups is 1. The number of ether oxygens (including phenoxy) is 2. The standard InChI is InChI=1S/C12H13F3N4O6S/c1-19-10(21)16-18-11(19,24-2)9(20)17-26(22,23)8-6-4-3-5-7(8)25-12(13,14)15/h3-6,18H,1-2H3,(H,16,21)(H,17,20). The lowest BCUT2D eigenvalue weighted by atomic mass is 10.3. The lowest BCUT2D eigenvalue weighted by Gasteiger charge is -2.30. The molecule has 0 aromatic heterocycles. The number of sulfonamides is 1. The third-order valence-electron chi connectivity index (χ3n) is 3.31. The fourth-order valence-corrected chi connectivity index (χ4v) is 3.19. The van der Waals surface area contributed by atoms with Crippen molar-refractivity contribution in [2.75, 3.05) is 14.2 Å². The first-order valence-corrected chi connectivity index (χ1v) is 8.19. The maximum Gasteiger partial charge on any atom is 0.573 e. The molecule has 1 saturated heterocycles. The van der Waals surface area contributed by atoms with E-state index in [1.807, 2.05) is 5.43 Å². The lowest BCUT2D eigenvalue weighted by molar-refractivity contribution is -0.275. The minimum absolute atomic E-state index is 0.718. The van der Waals surface area contributed by atoms with Gasteiger partial charge in [-0.25, -0.2) is 17.9 Å². The Labute approximate surface area is 145 Å². The second-order valence-electron chi connectivity index (χ2n) is 4.89. The summed E-state index contributed by atoms with van der Waals surface area (Å²) >= 11 is 0. The van der Waals surface area contributed by atoms with E-state index in [2.05, 4.69) is 10.2 Å². The molecule has 1 aliphatic rings. The van der Waals surface area contributed by atoms with Gasteiger partial charge in [-0.3, -0.25) is 15.1 Å². The van der Waals surface area contributed by atoms with E-state index in [1.54, 1.807) is 4.72 Å². The SMILES string of the molecule is COC1(C(=O)NS(=O)(=O)c2ccccc2OC(F)(F)F)NNC(=O)N1C. The van der Waals surface area contributed by atoms with Crippen LogP contribution in [0.15, 0.2) is 29.2 Å². The van der Waals surface area contributed by atoms with E-state index in [1.165, 1.54) is 0 Å². The van der Waals surface area contributed by atoms with Crippen LogP contribution in [0.5, 0.6) is 5.75 Å². The van der Waals surface area contributed by atoms with Gasteiger partial charge >= 0.3 is 24.1 Å². The number of nitrogens with zero attached hydrogens (tertiary/aromatic N) is 1. The summed E-state index contributed by atoms with van der Waals surface area (Å²) in [7, 11) is -2.66. The molecule has 1 aromatic carbocycles. The van der Waals surface area contributed by atoms with Gasteiger partial charge in [0.15, 0.2) is 0 Å². The van der Waals surface area contributed by atoms with Crippen LogP contribution in [0, 0.1) is 0 Å². The molecule has 1 aromatic rings. The summed E-state index contributed by atoms with van der Waals surface area (Å²) in [6, 6.07) is 3.03. The van der Waals surface area contributed by atoms with Crippen molar-refractivity contribution in [1.82, 2.24) is 20.5 Å². The number of hydrogen-bond donors (Lipinski definition) is 3. The van der Waals surface area contributed by atoms with Gasteiger partial charge in [0.05, 0.1) is 0 Å². The molecule has 10 nitrogen and oxygen atoms in total. The molecule has 144 valence electrons. The Balaban J connectivity index is 2.35. The molecule has 0 spiro atoms. The molecule has 1 heterocycles. The van der Waals surface area contributed by atoms with E-state index in [0.717, 1.165) is 43.3 Å². The fourth-order valence-electron chi connectivity index (χ4n) is 2.07. The third kappa shape index (κ3) is 3.66. The number of methoxy groups -OCH3 is 1. The highest BCUT2D eigenvalue weighted by molar-refractivity contribution is 7.90. The Morgan fingerprint density at radius 1 is 1.31 bits per heavy atom. The van der Waals surface area contributed by atoms with Crippen LogP contribution in [0.3, 0.4) is 0 Å². The minimum atomic E-state index is -5.15. The molecule has 1 fully saturated rings. The highest BCUT2D eigenvalue weighted by Crippen LogP contribution is 2.29. The molecule has 0 saturated carbocycles.